The van der Waals surface area contributed by atoms with E-state index in [4.69, 9.17) is 0 Å². The molecule has 237 valence electrons. The van der Waals surface area contributed by atoms with E-state index < -0.39 is 0 Å². The molecule has 0 saturated carbocycles. The predicted molar refractivity (Wildman–Crippen MR) is 195 cm³/mol. The minimum Gasteiger partial charge on any atom is -0.343 e. The number of unbranched alkanes of at least 4 members (excludes halogenated alkanes) is 4. The van der Waals surface area contributed by atoms with Crippen LogP contribution in [0.2, 0.25) is 0 Å². The zero-order chi connectivity index (χ0) is 31.7. The van der Waals surface area contributed by atoms with Gasteiger partial charge in [0, 0.05) is 0 Å². The summed E-state index contributed by atoms with van der Waals surface area (Å²) in [4.78, 5) is 0. The monoisotopic (exact) mass is 737 g/mol. The molecular weight excluding hydrogens is 675 g/mol. The Morgan fingerprint density at radius 1 is 0.535 bits per heavy atom. The van der Waals surface area contributed by atoms with Crippen LogP contribution in [-0.4, -0.2) is 0 Å². The first kappa shape index (κ1) is 52.0. The quantitative estimate of drug-likeness (QED) is 0.173. The van der Waals surface area contributed by atoms with Crippen molar-refractivity contribution in [1.29, 1.82) is 0 Å². The molecule has 4 rings (SSSR count). The molecule has 0 N–H and O–H groups in total. The number of fused-ring (bicyclic) bond motifs is 2. The molecule has 0 heterocycles. The number of hydrogen-bond donors (Lipinski definition) is 0. The van der Waals surface area contributed by atoms with Crippen LogP contribution in [0.5, 0.6) is 0 Å². The fraction of sp³-hybridized carbons (Fsp3) is 0.439. The van der Waals surface area contributed by atoms with E-state index in [0.717, 1.165) is 38.5 Å². The smallest absolute Gasteiger partial charge is 0.343 e. The van der Waals surface area contributed by atoms with Gasteiger partial charge >= 0.3 is 52.4 Å². The molecule has 0 nitrogen and oxygen atoms in total. The maximum atomic E-state index is 3.60. The molecule has 0 aromatic heterocycles. The third-order valence-corrected chi connectivity index (χ3v) is 5.59. The molecule has 1 radical (unpaired) electrons. The van der Waals surface area contributed by atoms with Gasteiger partial charge in [-0.3, -0.25) is 0 Å². The van der Waals surface area contributed by atoms with Gasteiger partial charge in [0.05, 0.1) is 0 Å². The average molecular weight is 740 g/mol. The van der Waals surface area contributed by atoms with Crippen molar-refractivity contribution in [3.05, 3.63) is 118 Å². The molecule has 0 bridgehead atoms. The van der Waals surface area contributed by atoms with Crippen molar-refractivity contribution in [3.8, 4) is 0 Å². The average Bonchev–Trinajstić information content (AvgIpc) is 3.66. The second kappa shape index (κ2) is 41.4. The van der Waals surface area contributed by atoms with Crippen molar-refractivity contribution in [2.75, 3.05) is 0 Å². The van der Waals surface area contributed by atoms with Gasteiger partial charge in [-0.05, 0) is 12.8 Å². The summed E-state index contributed by atoms with van der Waals surface area (Å²) in [7, 11) is 0. The Morgan fingerprint density at radius 3 is 0.953 bits per heavy atom. The maximum Gasteiger partial charge on any atom is 4.00 e. The molecule has 0 saturated heterocycles. The van der Waals surface area contributed by atoms with Crippen molar-refractivity contribution < 1.29 is 52.4 Å². The third kappa shape index (κ3) is 31.2. The SMILES string of the molecule is CCc1cc2ccccc2[cH-]1.CCc1cc2ccccc2[cH-]1.C[CH-]C.[CH2-]CCC.[CH2-]CCC.[CH2-]CCC.[CH2-]CCC.[Zr+3].[Zr+4]. The summed E-state index contributed by atoms with van der Waals surface area (Å²) in [5.74, 6) is 0. The molecule has 0 spiro atoms. The summed E-state index contributed by atoms with van der Waals surface area (Å²) in [6, 6.07) is 26.0. The zero-order valence-electron chi connectivity index (χ0n) is 29.4. The summed E-state index contributed by atoms with van der Waals surface area (Å²) < 4.78 is 0. The van der Waals surface area contributed by atoms with Crippen LogP contribution in [0.25, 0.3) is 21.5 Å². The van der Waals surface area contributed by atoms with Gasteiger partial charge in [0.25, 0.3) is 0 Å². The molecule has 43 heavy (non-hydrogen) atoms. The van der Waals surface area contributed by atoms with Crippen LogP contribution in [0.4, 0.5) is 0 Å². The van der Waals surface area contributed by atoms with E-state index in [-0.39, 0.29) is 52.4 Å². The fourth-order valence-electron chi connectivity index (χ4n) is 2.84. The van der Waals surface area contributed by atoms with Crippen molar-refractivity contribution in [3.63, 3.8) is 0 Å². The van der Waals surface area contributed by atoms with Crippen molar-refractivity contribution >= 4 is 21.5 Å². The van der Waals surface area contributed by atoms with Gasteiger partial charge in [-0.15, -0.1) is 81.2 Å². The summed E-state index contributed by atoms with van der Waals surface area (Å²) in [5.41, 5.74) is 2.87. The van der Waals surface area contributed by atoms with E-state index >= 15 is 0 Å². The second-order valence-corrected chi connectivity index (χ2v) is 9.68. The van der Waals surface area contributed by atoms with Gasteiger partial charge in [-0.25, -0.2) is 0 Å². The molecule has 0 aliphatic rings. The molecule has 0 aliphatic carbocycles. The first-order chi connectivity index (χ1) is 19.9. The van der Waals surface area contributed by atoms with Crippen LogP contribution in [0.15, 0.2) is 72.8 Å². The maximum absolute atomic E-state index is 3.60. The van der Waals surface area contributed by atoms with E-state index in [2.05, 4.69) is 142 Å². The number of benzene rings is 2. The van der Waals surface area contributed by atoms with Crippen LogP contribution in [0.3, 0.4) is 0 Å². The Labute approximate surface area is 309 Å². The van der Waals surface area contributed by atoms with Crippen molar-refractivity contribution in [2.45, 2.75) is 120 Å². The van der Waals surface area contributed by atoms with Gasteiger partial charge in [0.2, 0.25) is 0 Å². The van der Waals surface area contributed by atoms with E-state index in [1.54, 1.807) is 0 Å². The first-order valence-electron chi connectivity index (χ1n) is 16.1. The molecule has 0 unspecified atom stereocenters. The summed E-state index contributed by atoms with van der Waals surface area (Å²) in [5, 5.41) is 5.46. The topological polar surface area (TPSA) is 0 Å². The zero-order valence-corrected chi connectivity index (χ0v) is 34.3. The van der Waals surface area contributed by atoms with Gasteiger partial charge in [-0.2, -0.15) is 51.7 Å². The van der Waals surface area contributed by atoms with Crippen LogP contribution in [0.1, 0.15) is 118 Å². The second-order valence-electron chi connectivity index (χ2n) is 9.68. The number of aryl methyl sites for hydroxylation is 2. The summed E-state index contributed by atoms with van der Waals surface area (Å²) in [6.45, 7) is 31.3. The normalized spacial score (nSPS) is 8.65. The molecule has 0 fully saturated rings. The Kier molecular flexibility index (Phi) is 50.1. The number of hydrogen-bond acceptors (Lipinski definition) is 0. The van der Waals surface area contributed by atoms with E-state index in [1.807, 2.05) is 20.3 Å². The van der Waals surface area contributed by atoms with Crippen LogP contribution < -0.4 is 0 Å². The largest absolute Gasteiger partial charge is 4.00 e. The molecular formula is C41H65Zr2. The summed E-state index contributed by atoms with van der Waals surface area (Å²) >= 11 is 0. The minimum atomic E-state index is 0. The predicted octanol–water partition coefficient (Wildman–Crippen LogP) is 14.0. The fourth-order valence-corrected chi connectivity index (χ4v) is 2.84. The number of rotatable bonds is 6. The van der Waals surface area contributed by atoms with Gasteiger partial charge in [0.15, 0.2) is 0 Å². The van der Waals surface area contributed by atoms with E-state index in [0.29, 0.717) is 0 Å². The van der Waals surface area contributed by atoms with Crippen LogP contribution in [-0.2, 0) is 65.2 Å². The Bertz CT molecular complexity index is 845. The molecule has 0 amide bonds. The van der Waals surface area contributed by atoms with Crippen molar-refractivity contribution in [2.24, 2.45) is 0 Å². The van der Waals surface area contributed by atoms with Gasteiger partial charge in [-0.1, -0.05) is 79.4 Å². The summed E-state index contributed by atoms with van der Waals surface area (Å²) in [6.07, 6.45) is 13.4. The Morgan fingerprint density at radius 2 is 0.767 bits per heavy atom. The van der Waals surface area contributed by atoms with Gasteiger partial charge < -0.3 is 34.1 Å². The molecule has 4 aromatic carbocycles. The van der Waals surface area contributed by atoms with Crippen molar-refractivity contribution in [1.82, 2.24) is 0 Å². The molecule has 0 atom stereocenters. The Hall–Kier alpha value is -0.574. The molecule has 0 aliphatic heterocycles. The third-order valence-electron chi connectivity index (χ3n) is 5.59. The standard InChI is InChI=1S/2C11H11.4C4H9.C3H7.2Zr/c2*1-2-9-7-10-5-3-4-6-11(10)8-9;4*1-3-4-2;1-3-2;;/h2*3-8H,2H2,1H3;4*1,3-4H2,2H3;3H,1-2H3;;/q7*-1;+3;+4. The van der Waals surface area contributed by atoms with E-state index in [1.165, 1.54) is 58.4 Å². The minimum absolute atomic E-state index is 0. The van der Waals surface area contributed by atoms with Crippen LogP contribution in [0, 0.1) is 34.1 Å². The van der Waals surface area contributed by atoms with Gasteiger partial charge in [0.1, 0.15) is 0 Å². The molecule has 4 aromatic rings. The molecule has 2 heteroatoms. The Balaban J connectivity index is -0.000000140. The van der Waals surface area contributed by atoms with Crippen LogP contribution >= 0.6 is 0 Å². The van der Waals surface area contributed by atoms with E-state index in [9.17, 15) is 0 Å². The first-order valence-corrected chi connectivity index (χ1v) is 16.1.